The van der Waals surface area contributed by atoms with Crippen molar-refractivity contribution in [3.8, 4) is 0 Å². The van der Waals surface area contributed by atoms with Gasteiger partial charge in [0.15, 0.2) is 0 Å². The topological polar surface area (TPSA) is 49.5 Å². The van der Waals surface area contributed by atoms with Crippen LogP contribution in [0.5, 0.6) is 0 Å². The Kier molecular flexibility index (Phi) is 3.44. The average Bonchev–Trinajstić information content (AvgIpc) is 2.95. The summed E-state index contributed by atoms with van der Waals surface area (Å²) in [5.74, 6) is 0. The number of rotatable bonds is 6. The van der Waals surface area contributed by atoms with Crippen LogP contribution in [0.4, 0.5) is 0 Å². The molecule has 3 rings (SSSR count). The van der Waals surface area contributed by atoms with Crippen molar-refractivity contribution >= 4 is 0 Å². The second kappa shape index (κ2) is 5.04. The average molecular weight is 242 g/mol. The van der Waals surface area contributed by atoms with Crippen molar-refractivity contribution in [3.63, 3.8) is 0 Å². The van der Waals surface area contributed by atoms with Gasteiger partial charge in [0.1, 0.15) is 30.5 Å². The SMILES string of the molecule is C=CCO[C@@H]1CO[C@H]2[C@@H]1OC[C@H]2OCC1CO1. The lowest BCUT2D eigenvalue weighted by molar-refractivity contribution is -0.0484. The van der Waals surface area contributed by atoms with Gasteiger partial charge in [0, 0.05) is 0 Å². The van der Waals surface area contributed by atoms with Crippen LogP contribution in [0.25, 0.3) is 0 Å². The van der Waals surface area contributed by atoms with E-state index in [-0.39, 0.29) is 30.5 Å². The molecule has 3 aliphatic rings. The smallest absolute Gasteiger partial charge is 0.115 e. The molecular weight excluding hydrogens is 224 g/mol. The van der Waals surface area contributed by atoms with Crippen molar-refractivity contribution in [1.82, 2.24) is 0 Å². The Morgan fingerprint density at radius 2 is 1.65 bits per heavy atom. The minimum Gasteiger partial charge on any atom is -0.371 e. The predicted molar refractivity (Wildman–Crippen MR) is 58.9 cm³/mol. The molecule has 0 N–H and O–H groups in total. The summed E-state index contributed by atoms with van der Waals surface area (Å²) in [5, 5.41) is 0. The molecule has 0 bridgehead atoms. The van der Waals surface area contributed by atoms with Gasteiger partial charge in [0.05, 0.1) is 33.0 Å². The maximum Gasteiger partial charge on any atom is 0.115 e. The number of hydrogen-bond donors (Lipinski definition) is 0. The monoisotopic (exact) mass is 242 g/mol. The lowest BCUT2D eigenvalue weighted by Crippen LogP contribution is -2.34. The van der Waals surface area contributed by atoms with Gasteiger partial charge in [0.25, 0.3) is 0 Å². The molecule has 3 aliphatic heterocycles. The molecule has 0 aliphatic carbocycles. The Morgan fingerprint density at radius 3 is 2.24 bits per heavy atom. The number of epoxide rings is 1. The predicted octanol–water partition coefficient (Wildman–Crippen LogP) is 0.139. The molecule has 0 saturated carbocycles. The van der Waals surface area contributed by atoms with Gasteiger partial charge in [-0.1, -0.05) is 6.08 Å². The Balaban J connectivity index is 1.49. The highest BCUT2D eigenvalue weighted by Crippen LogP contribution is 2.30. The van der Waals surface area contributed by atoms with Crippen molar-refractivity contribution in [1.29, 1.82) is 0 Å². The summed E-state index contributed by atoms with van der Waals surface area (Å²) >= 11 is 0. The number of fused-ring (bicyclic) bond motifs is 1. The van der Waals surface area contributed by atoms with Gasteiger partial charge in [-0.3, -0.25) is 0 Å². The molecule has 0 amide bonds. The first-order valence-electron chi connectivity index (χ1n) is 6.07. The van der Waals surface area contributed by atoms with Crippen molar-refractivity contribution in [2.75, 3.05) is 33.0 Å². The molecule has 5 atom stereocenters. The fourth-order valence-electron chi connectivity index (χ4n) is 2.30. The Labute approximate surface area is 101 Å². The fourth-order valence-corrected chi connectivity index (χ4v) is 2.30. The third kappa shape index (κ3) is 2.53. The molecule has 3 heterocycles. The molecule has 3 fully saturated rings. The van der Waals surface area contributed by atoms with Crippen LogP contribution in [0.1, 0.15) is 0 Å². The van der Waals surface area contributed by atoms with E-state index in [0.717, 1.165) is 6.61 Å². The van der Waals surface area contributed by atoms with Gasteiger partial charge >= 0.3 is 0 Å². The molecule has 0 aromatic carbocycles. The first-order valence-corrected chi connectivity index (χ1v) is 6.07. The summed E-state index contributed by atoms with van der Waals surface area (Å²) in [6, 6.07) is 0. The zero-order valence-corrected chi connectivity index (χ0v) is 9.75. The van der Waals surface area contributed by atoms with Gasteiger partial charge < -0.3 is 23.7 Å². The van der Waals surface area contributed by atoms with E-state index in [9.17, 15) is 0 Å². The molecule has 5 heteroatoms. The van der Waals surface area contributed by atoms with E-state index >= 15 is 0 Å². The summed E-state index contributed by atoms with van der Waals surface area (Å²) in [4.78, 5) is 0. The second-order valence-electron chi connectivity index (χ2n) is 4.58. The molecule has 1 unspecified atom stereocenters. The number of hydrogen-bond acceptors (Lipinski definition) is 5. The van der Waals surface area contributed by atoms with E-state index in [1.807, 2.05) is 0 Å². The summed E-state index contributed by atoms with van der Waals surface area (Å²) in [6.45, 7) is 6.77. The van der Waals surface area contributed by atoms with Crippen LogP contribution in [-0.4, -0.2) is 63.6 Å². The Morgan fingerprint density at radius 1 is 1.00 bits per heavy atom. The molecule has 5 nitrogen and oxygen atoms in total. The first kappa shape index (κ1) is 11.6. The second-order valence-corrected chi connectivity index (χ2v) is 4.58. The van der Waals surface area contributed by atoms with Gasteiger partial charge in [-0.25, -0.2) is 0 Å². The minimum atomic E-state index is 0.0000661. The minimum absolute atomic E-state index is 0.0000661. The van der Waals surface area contributed by atoms with Crippen molar-refractivity contribution < 1.29 is 23.7 Å². The van der Waals surface area contributed by atoms with Crippen LogP contribution >= 0.6 is 0 Å². The lowest BCUT2D eigenvalue weighted by atomic mass is 10.1. The third-order valence-electron chi connectivity index (χ3n) is 3.29. The molecule has 0 aromatic heterocycles. The normalized spacial score (nSPS) is 43.6. The molecule has 0 spiro atoms. The highest BCUT2D eigenvalue weighted by Gasteiger charge is 2.49. The van der Waals surface area contributed by atoms with Crippen LogP contribution in [0.15, 0.2) is 12.7 Å². The molecule has 3 saturated heterocycles. The van der Waals surface area contributed by atoms with E-state index in [2.05, 4.69) is 6.58 Å². The van der Waals surface area contributed by atoms with E-state index < -0.39 is 0 Å². The first-order chi connectivity index (χ1) is 8.38. The van der Waals surface area contributed by atoms with E-state index in [1.54, 1.807) is 6.08 Å². The quantitative estimate of drug-likeness (QED) is 0.490. The summed E-state index contributed by atoms with van der Waals surface area (Å²) in [7, 11) is 0. The summed E-state index contributed by atoms with van der Waals surface area (Å²) < 4.78 is 27.9. The fraction of sp³-hybridized carbons (Fsp3) is 0.833. The van der Waals surface area contributed by atoms with E-state index in [1.165, 1.54) is 0 Å². The standard InChI is InChI=1S/C12H18O5/c1-2-3-13-9-6-16-12-10(7-17-11(9)12)15-5-8-4-14-8/h2,8-12H,1,3-7H2/t8?,9-,10-,11-,12-/m1/s1. The summed E-state index contributed by atoms with van der Waals surface area (Å²) in [5.41, 5.74) is 0. The van der Waals surface area contributed by atoms with Gasteiger partial charge in [-0.15, -0.1) is 6.58 Å². The van der Waals surface area contributed by atoms with Crippen LogP contribution in [0.3, 0.4) is 0 Å². The molecule has 0 aromatic rings. The van der Waals surface area contributed by atoms with Gasteiger partial charge in [-0.05, 0) is 0 Å². The highest BCUT2D eigenvalue weighted by atomic mass is 16.7. The number of ether oxygens (including phenoxy) is 5. The summed E-state index contributed by atoms with van der Waals surface area (Å²) in [6.07, 6.45) is 2.04. The van der Waals surface area contributed by atoms with E-state index in [4.69, 9.17) is 23.7 Å². The van der Waals surface area contributed by atoms with Crippen LogP contribution < -0.4 is 0 Å². The molecule has 0 radical (unpaired) electrons. The molecule has 96 valence electrons. The van der Waals surface area contributed by atoms with Crippen molar-refractivity contribution in [2.24, 2.45) is 0 Å². The van der Waals surface area contributed by atoms with Crippen LogP contribution in [0.2, 0.25) is 0 Å². The van der Waals surface area contributed by atoms with Gasteiger partial charge in [0.2, 0.25) is 0 Å². The lowest BCUT2D eigenvalue weighted by Gasteiger charge is -2.16. The zero-order valence-electron chi connectivity index (χ0n) is 9.75. The maximum atomic E-state index is 5.74. The van der Waals surface area contributed by atoms with Gasteiger partial charge in [-0.2, -0.15) is 0 Å². The van der Waals surface area contributed by atoms with Crippen molar-refractivity contribution in [2.45, 2.75) is 30.5 Å². The van der Waals surface area contributed by atoms with Crippen LogP contribution in [-0.2, 0) is 23.7 Å². The molecule has 17 heavy (non-hydrogen) atoms. The van der Waals surface area contributed by atoms with Crippen LogP contribution in [0, 0.1) is 0 Å². The van der Waals surface area contributed by atoms with Crippen molar-refractivity contribution in [3.05, 3.63) is 12.7 Å². The Bertz CT molecular complexity index is 278. The largest absolute Gasteiger partial charge is 0.371 e. The zero-order chi connectivity index (χ0) is 11.7. The van der Waals surface area contributed by atoms with E-state index in [0.29, 0.717) is 26.4 Å². The maximum absolute atomic E-state index is 5.74. The Hall–Kier alpha value is -0.460. The molecular formula is C12H18O5. The third-order valence-corrected chi connectivity index (χ3v) is 3.29. The highest BCUT2D eigenvalue weighted by molar-refractivity contribution is 4.96.